The summed E-state index contributed by atoms with van der Waals surface area (Å²) in [7, 11) is -1.56. The van der Waals surface area contributed by atoms with E-state index in [2.05, 4.69) is 10.6 Å². The van der Waals surface area contributed by atoms with Crippen LogP contribution in [0.3, 0.4) is 0 Å². The Morgan fingerprint density at radius 1 is 0.885 bits per heavy atom. The monoisotopic (exact) mass is 370 g/mol. The second-order valence-corrected chi connectivity index (χ2v) is 7.98. The Kier molecular flexibility index (Phi) is 5.83. The van der Waals surface area contributed by atoms with Crippen LogP contribution in [0.2, 0.25) is 0 Å². The summed E-state index contributed by atoms with van der Waals surface area (Å²) in [6, 6.07) is 13.2. The lowest BCUT2D eigenvalue weighted by Crippen LogP contribution is -2.26. The van der Waals surface area contributed by atoms with Gasteiger partial charge in [0.15, 0.2) is 0 Å². The molecule has 26 heavy (non-hydrogen) atoms. The minimum Gasteiger partial charge on any atom is -0.325 e. The van der Waals surface area contributed by atoms with Crippen LogP contribution in [-0.4, -0.2) is 27.5 Å². The van der Waals surface area contributed by atoms with Crippen LogP contribution in [0, 0.1) is 6.92 Å². The van der Waals surface area contributed by atoms with Crippen LogP contribution in [0.1, 0.15) is 23.1 Å². The number of rotatable bonds is 6. The van der Waals surface area contributed by atoms with Crippen LogP contribution in [0.25, 0.3) is 0 Å². The summed E-state index contributed by atoms with van der Waals surface area (Å²) in [5.74, 6) is -1.11. The number of hydrogen-bond acceptors (Lipinski definition) is 3. The van der Waals surface area contributed by atoms with Gasteiger partial charge in [0.1, 0.15) is 11.5 Å². The van der Waals surface area contributed by atoms with E-state index in [4.69, 9.17) is 0 Å². The van der Waals surface area contributed by atoms with E-state index in [-0.39, 0.29) is 23.3 Å². The maximum Gasteiger partial charge on any atom is 0.237 e. The topological polar surface area (TPSA) is 75.3 Å². The Balaban J connectivity index is 1.47. The Labute approximate surface area is 155 Å². The molecule has 5 nitrogen and oxygen atoms in total. The van der Waals surface area contributed by atoms with Crippen molar-refractivity contribution >= 4 is 34.0 Å². The second-order valence-electron chi connectivity index (χ2n) is 6.53. The molecule has 0 radical (unpaired) electrons. The van der Waals surface area contributed by atoms with Crippen molar-refractivity contribution in [2.24, 2.45) is 0 Å². The first kappa shape index (κ1) is 18.3. The van der Waals surface area contributed by atoms with E-state index in [0.717, 1.165) is 30.5 Å². The van der Waals surface area contributed by atoms with Gasteiger partial charge in [-0.15, -0.1) is 0 Å². The number of nitrogens with one attached hydrogen (secondary N) is 2. The van der Waals surface area contributed by atoms with Gasteiger partial charge in [-0.2, -0.15) is 0 Å². The third-order valence-electron chi connectivity index (χ3n) is 4.30. The zero-order valence-electron chi connectivity index (χ0n) is 14.7. The van der Waals surface area contributed by atoms with Crippen molar-refractivity contribution in [3.8, 4) is 0 Å². The van der Waals surface area contributed by atoms with Crippen molar-refractivity contribution in [1.82, 2.24) is 0 Å². The van der Waals surface area contributed by atoms with Crippen LogP contribution in [0.5, 0.6) is 0 Å². The van der Waals surface area contributed by atoms with E-state index < -0.39 is 10.8 Å². The SMILES string of the molecule is Cc1ccc(NC(=O)C[S@](=O)CC(=O)Nc2ccc3c(c2)CCC3)cc1. The van der Waals surface area contributed by atoms with Crippen LogP contribution >= 0.6 is 0 Å². The molecule has 6 heteroatoms. The van der Waals surface area contributed by atoms with Gasteiger partial charge in [-0.25, -0.2) is 0 Å². The Hall–Kier alpha value is -2.47. The van der Waals surface area contributed by atoms with Gasteiger partial charge in [0.2, 0.25) is 11.8 Å². The molecule has 0 fully saturated rings. The predicted molar refractivity (Wildman–Crippen MR) is 105 cm³/mol. The third kappa shape index (κ3) is 5.02. The molecule has 0 aromatic heterocycles. The third-order valence-corrected chi connectivity index (χ3v) is 5.47. The summed E-state index contributed by atoms with van der Waals surface area (Å²) in [4.78, 5) is 24.0. The molecule has 3 rings (SSSR count). The Morgan fingerprint density at radius 3 is 2.15 bits per heavy atom. The van der Waals surface area contributed by atoms with Crippen molar-refractivity contribution in [3.63, 3.8) is 0 Å². The molecular formula is C20H22N2O3S. The summed E-state index contributed by atoms with van der Waals surface area (Å²) in [6.45, 7) is 1.96. The highest BCUT2D eigenvalue weighted by atomic mass is 32.2. The molecule has 2 amide bonds. The van der Waals surface area contributed by atoms with Crippen LogP contribution in [0.15, 0.2) is 42.5 Å². The highest BCUT2D eigenvalue weighted by molar-refractivity contribution is 7.86. The van der Waals surface area contributed by atoms with E-state index in [1.807, 2.05) is 37.3 Å². The minimum absolute atomic E-state index is 0.196. The van der Waals surface area contributed by atoms with Crippen molar-refractivity contribution in [2.45, 2.75) is 26.2 Å². The Bertz CT molecular complexity index is 847. The van der Waals surface area contributed by atoms with Crippen molar-refractivity contribution in [3.05, 3.63) is 59.2 Å². The van der Waals surface area contributed by atoms with Gasteiger partial charge in [0, 0.05) is 22.2 Å². The highest BCUT2D eigenvalue weighted by Crippen LogP contribution is 2.24. The molecule has 0 spiro atoms. The summed E-state index contributed by atoms with van der Waals surface area (Å²) in [5.41, 5.74) is 5.06. The Morgan fingerprint density at radius 2 is 1.46 bits per heavy atom. The van der Waals surface area contributed by atoms with Crippen LogP contribution < -0.4 is 10.6 Å². The fourth-order valence-corrected chi connectivity index (χ4v) is 3.86. The fourth-order valence-electron chi connectivity index (χ4n) is 3.02. The zero-order chi connectivity index (χ0) is 18.5. The first-order valence-electron chi connectivity index (χ1n) is 8.63. The number of aryl methyl sites for hydroxylation is 3. The normalized spacial score (nSPS) is 13.7. The number of carbonyl (C=O) groups is 2. The van der Waals surface area contributed by atoms with Gasteiger partial charge >= 0.3 is 0 Å². The van der Waals surface area contributed by atoms with E-state index in [9.17, 15) is 13.8 Å². The molecule has 0 unspecified atom stereocenters. The summed E-state index contributed by atoms with van der Waals surface area (Å²) >= 11 is 0. The molecular weight excluding hydrogens is 348 g/mol. The standard InChI is InChI=1S/C20H22N2O3S/c1-14-5-8-17(9-6-14)21-19(23)12-26(25)13-20(24)22-18-10-7-15-3-2-4-16(15)11-18/h5-11H,2-4,12-13H2,1H3,(H,21,23)(H,22,24)/t26-/m0/s1. The maximum absolute atomic E-state index is 12.1. The lowest BCUT2D eigenvalue weighted by molar-refractivity contribution is -0.114. The average Bonchev–Trinajstić information content (AvgIpc) is 3.04. The van der Waals surface area contributed by atoms with E-state index >= 15 is 0 Å². The molecule has 0 heterocycles. The largest absolute Gasteiger partial charge is 0.325 e. The lowest BCUT2D eigenvalue weighted by atomic mass is 10.1. The molecule has 2 aromatic carbocycles. The predicted octanol–water partition coefficient (Wildman–Crippen LogP) is 2.81. The minimum atomic E-state index is -1.56. The van der Waals surface area contributed by atoms with Crippen LogP contribution in [0.4, 0.5) is 11.4 Å². The summed E-state index contributed by atoms with van der Waals surface area (Å²) < 4.78 is 12.1. The number of fused-ring (bicyclic) bond motifs is 1. The molecule has 1 aliphatic rings. The molecule has 0 saturated heterocycles. The van der Waals surface area contributed by atoms with E-state index in [1.165, 1.54) is 11.1 Å². The molecule has 0 saturated carbocycles. The van der Waals surface area contributed by atoms with Gasteiger partial charge in [0.25, 0.3) is 0 Å². The lowest BCUT2D eigenvalue weighted by Gasteiger charge is -2.08. The maximum atomic E-state index is 12.1. The van der Waals surface area contributed by atoms with Crippen LogP contribution in [-0.2, 0) is 33.2 Å². The van der Waals surface area contributed by atoms with Crippen molar-refractivity contribution < 1.29 is 13.8 Å². The zero-order valence-corrected chi connectivity index (χ0v) is 15.5. The molecule has 0 bridgehead atoms. The van der Waals surface area contributed by atoms with Gasteiger partial charge in [-0.1, -0.05) is 23.8 Å². The van der Waals surface area contributed by atoms with Crippen molar-refractivity contribution in [2.75, 3.05) is 22.1 Å². The molecule has 136 valence electrons. The van der Waals surface area contributed by atoms with Crippen molar-refractivity contribution in [1.29, 1.82) is 0 Å². The quantitative estimate of drug-likeness (QED) is 0.821. The fraction of sp³-hybridized carbons (Fsp3) is 0.300. The smallest absolute Gasteiger partial charge is 0.237 e. The molecule has 1 atom stereocenters. The second kappa shape index (κ2) is 8.27. The van der Waals surface area contributed by atoms with Gasteiger partial charge in [-0.05, 0) is 61.6 Å². The van der Waals surface area contributed by atoms with Gasteiger partial charge in [-0.3, -0.25) is 13.8 Å². The number of anilines is 2. The number of amides is 2. The van der Waals surface area contributed by atoms with Gasteiger partial charge < -0.3 is 10.6 Å². The first-order valence-corrected chi connectivity index (χ1v) is 10.1. The number of hydrogen-bond donors (Lipinski definition) is 2. The van der Waals surface area contributed by atoms with Gasteiger partial charge in [0.05, 0.1) is 0 Å². The molecule has 1 aliphatic carbocycles. The average molecular weight is 370 g/mol. The summed E-state index contributed by atoms with van der Waals surface area (Å²) in [6.07, 6.45) is 3.26. The van der Waals surface area contributed by atoms with E-state index in [0.29, 0.717) is 5.69 Å². The first-order chi connectivity index (χ1) is 12.5. The summed E-state index contributed by atoms with van der Waals surface area (Å²) in [5, 5.41) is 5.46. The van der Waals surface area contributed by atoms with E-state index in [1.54, 1.807) is 12.1 Å². The molecule has 2 aromatic rings. The highest BCUT2D eigenvalue weighted by Gasteiger charge is 2.15. The molecule has 0 aliphatic heterocycles. The number of benzene rings is 2. The number of carbonyl (C=O) groups excluding carboxylic acids is 2. The molecule has 2 N–H and O–H groups in total.